The second-order valence-electron chi connectivity index (χ2n) is 5.43. The molecule has 0 spiro atoms. The van der Waals surface area contributed by atoms with Crippen molar-refractivity contribution in [3.63, 3.8) is 0 Å². The van der Waals surface area contributed by atoms with E-state index < -0.39 is 5.91 Å². The summed E-state index contributed by atoms with van der Waals surface area (Å²) >= 11 is 0. The number of nitrogens with zero attached hydrogens (tertiary/aromatic N) is 2. The fourth-order valence-electron chi connectivity index (χ4n) is 2.46. The molecule has 0 atom stereocenters. The van der Waals surface area contributed by atoms with Crippen LogP contribution < -0.4 is 11.3 Å². The van der Waals surface area contributed by atoms with Gasteiger partial charge in [0, 0.05) is 18.2 Å². The van der Waals surface area contributed by atoms with Gasteiger partial charge in [0.2, 0.25) is 5.82 Å². The number of benzene rings is 2. The first-order chi connectivity index (χ1) is 12.2. The van der Waals surface area contributed by atoms with Gasteiger partial charge in [-0.15, -0.1) is 0 Å². The van der Waals surface area contributed by atoms with E-state index in [4.69, 9.17) is 10.6 Å². The summed E-state index contributed by atoms with van der Waals surface area (Å²) in [7, 11) is 1.65. The van der Waals surface area contributed by atoms with E-state index in [1.54, 1.807) is 7.11 Å². The van der Waals surface area contributed by atoms with E-state index in [0.717, 1.165) is 16.7 Å². The molecular weight excluding hydrogens is 316 g/mol. The summed E-state index contributed by atoms with van der Waals surface area (Å²) in [6.07, 6.45) is 0. The summed E-state index contributed by atoms with van der Waals surface area (Å²) in [5.41, 5.74) is 6.23. The van der Waals surface area contributed by atoms with E-state index in [-0.39, 0.29) is 5.82 Å². The number of carbonyl (C=O) groups is 1. The van der Waals surface area contributed by atoms with Gasteiger partial charge in [-0.3, -0.25) is 10.2 Å². The molecule has 0 radical (unpaired) electrons. The van der Waals surface area contributed by atoms with Crippen molar-refractivity contribution < 1.29 is 9.53 Å². The molecule has 0 aliphatic rings. The second kappa shape index (κ2) is 7.65. The second-order valence-corrected chi connectivity index (χ2v) is 5.43. The summed E-state index contributed by atoms with van der Waals surface area (Å²) in [5, 5.41) is 0. The first kappa shape index (κ1) is 16.8. The lowest BCUT2D eigenvalue weighted by Gasteiger charge is -2.09. The molecule has 6 heteroatoms. The fourth-order valence-corrected chi connectivity index (χ4v) is 2.46. The van der Waals surface area contributed by atoms with Crippen molar-refractivity contribution >= 4 is 5.91 Å². The van der Waals surface area contributed by atoms with Crippen LogP contribution in [0.3, 0.4) is 0 Å². The fraction of sp³-hybridized carbons (Fsp3) is 0.105. The van der Waals surface area contributed by atoms with Crippen LogP contribution in [-0.4, -0.2) is 23.0 Å². The molecule has 0 saturated carbocycles. The number of aromatic nitrogens is 2. The number of hydrogen-bond acceptors (Lipinski definition) is 5. The highest BCUT2D eigenvalue weighted by Gasteiger charge is 2.13. The van der Waals surface area contributed by atoms with Crippen molar-refractivity contribution in [1.29, 1.82) is 0 Å². The maximum absolute atomic E-state index is 11.9. The molecule has 25 heavy (non-hydrogen) atoms. The first-order valence-electron chi connectivity index (χ1n) is 7.75. The van der Waals surface area contributed by atoms with Crippen LogP contribution >= 0.6 is 0 Å². The maximum Gasteiger partial charge on any atom is 0.302 e. The van der Waals surface area contributed by atoms with Gasteiger partial charge in [0.15, 0.2) is 0 Å². The van der Waals surface area contributed by atoms with Crippen molar-refractivity contribution in [2.24, 2.45) is 5.84 Å². The van der Waals surface area contributed by atoms with Gasteiger partial charge in [0.1, 0.15) is 0 Å². The van der Waals surface area contributed by atoms with Crippen molar-refractivity contribution in [2.45, 2.75) is 6.61 Å². The lowest BCUT2D eigenvalue weighted by atomic mass is 10.1. The normalized spacial score (nSPS) is 10.5. The molecule has 3 rings (SSSR count). The monoisotopic (exact) mass is 334 g/mol. The Kier molecular flexibility index (Phi) is 5.13. The molecule has 3 aromatic rings. The van der Waals surface area contributed by atoms with Gasteiger partial charge >= 0.3 is 5.91 Å². The van der Waals surface area contributed by atoms with Gasteiger partial charge in [-0.2, -0.15) is 0 Å². The third kappa shape index (κ3) is 3.88. The Balaban J connectivity index is 2.07. The highest BCUT2D eigenvalue weighted by atomic mass is 16.5. The molecule has 6 nitrogen and oxygen atoms in total. The van der Waals surface area contributed by atoms with Crippen LogP contribution in [0, 0.1) is 0 Å². The summed E-state index contributed by atoms with van der Waals surface area (Å²) < 4.78 is 5.12. The number of rotatable bonds is 5. The highest BCUT2D eigenvalue weighted by Crippen LogP contribution is 2.24. The van der Waals surface area contributed by atoms with E-state index >= 15 is 0 Å². The zero-order chi connectivity index (χ0) is 17.6. The average molecular weight is 334 g/mol. The Hall–Kier alpha value is -3.09. The Bertz CT molecular complexity index is 864. The van der Waals surface area contributed by atoms with Gasteiger partial charge < -0.3 is 4.74 Å². The molecule has 1 aromatic heterocycles. The molecule has 0 aliphatic carbocycles. The first-order valence-corrected chi connectivity index (χ1v) is 7.75. The van der Waals surface area contributed by atoms with Gasteiger partial charge in [0.25, 0.3) is 0 Å². The highest BCUT2D eigenvalue weighted by molar-refractivity contribution is 5.91. The van der Waals surface area contributed by atoms with Gasteiger partial charge in [-0.05, 0) is 11.6 Å². The van der Waals surface area contributed by atoms with Crippen LogP contribution in [0.1, 0.15) is 16.2 Å². The molecular formula is C19H18N4O2. The van der Waals surface area contributed by atoms with E-state index in [2.05, 4.69) is 15.4 Å². The van der Waals surface area contributed by atoms with Gasteiger partial charge in [0.05, 0.1) is 18.0 Å². The van der Waals surface area contributed by atoms with Crippen molar-refractivity contribution in [3.8, 4) is 22.5 Å². The van der Waals surface area contributed by atoms with Gasteiger partial charge in [-0.1, -0.05) is 54.6 Å². The van der Waals surface area contributed by atoms with Crippen LogP contribution in [0.15, 0.2) is 60.7 Å². The Labute approximate surface area is 145 Å². The predicted octanol–water partition coefficient (Wildman–Crippen LogP) is 2.56. The number of amides is 1. The van der Waals surface area contributed by atoms with E-state index in [1.165, 1.54) is 0 Å². The minimum atomic E-state index is -0.532. The summed E-state index contributed by atoms with van der Waals surface area (Å²) in [5.74, 6) is 4.74. The van der Waals surface area contributed by atoms with Crippen LogP contribution in [0.25, 0.3) is 22.5 Å². The quantitative estimate of drug-likeness (QED) is 0.425. The van der Waals surface area contributed by atoms with Crippen LogP contribution in [0.4, 0.5) is 0 Å². The summed E-state index contributed by atoms with van der Waals surface area (Å²) in [6, 6.07) is 19.3. The number of ether oxygens (including phenoxy) is 1. The van der Waals surface area contributed by atoms with Crippen LogP contribution in [0.2, 0.25) is 0 Å². The zero-order valence-corrected chi connectivity index (χ0v) is 13.8. The minimum Gasteiger partial charge on any atom is -0.380 e. The molecule has 2 aromatic carbocycles. The average Bonchev–Trinajstić information content (AvgIpc) is 2.68. The molecule has 0 fully saturated rings. The molecule has 1 amide bonds. The number of nitrogens with two attached hydrogens (primary N) is 1. The van der Waals surface area contributed by atoms with Crippen LogP contribution in [0.5, 0.6) is 0 Å². The topological polar surface area (TPSA) is 90.1 Å². The Morgan fingerprint density at radius 2 is 1.60 bits per heavy atom. The summed E-state index contributed by atoms with van der Waals surface area (Å²) in [6.45, 7) is 0.542. The summed E-state index contributed by atoms with van der Waals surface area (Å²) in [4.78, 5) is 20.6. The van der Waals surface area contributed by atoms with Gasteiger partial charge in [-0.25, -0.2) is 15.8 Å². The lowest BCUT2D eigenvalue weighted by Crippen LogP contribution is -2.31. The molecule has 0 saturated heterocycles. The van der Waals surface area contributed by atoms with Crippen molar-refractivity contribution in [1.82, 2.24) is 15.4 Å². The standard InChI is InChI=1S/C19H18N4O2/c1-25-12-13-7-9-15(10-8-13)17-11-16(14-5-3-2-4-6-14)21-18(22-17)19(24)23-20/h2-11H,12,20H2,1H3,(H,23,24). The number of nitrogen functional groups attached to an aromatic ring is 1. The molecule has 0 unspecified atom stereocenters. The van der Waals surface area contributed by atoms with E-state index in [0.29, 0.717) is 18.0 Å². The molecule has 0 aliphatic heterocycles. The number of hydrogen-bond donors (Lipinski definition) is 2. The third-order valence-electron chi connectivity index (χ3n) is 3.69. The molecule has 0 bridgehead atoms. The van der Waals surface area contributed by atoms with E-state index in [1.807, 2.05) is 60.7 Å². The smallest absolute Gasteiger partial charge is 0.302 e. The number of methoxy groups -OCH3 is 1. The van der Waals surface area contributed by atoms with E-state index in [9.17, 15) is 4.79 Å². The number of carbonyl (C=O) groups excluding carboxylic acids is 1. The number of nitrogens with one attached hydrogen (secondary N) is 1. The maximum atomic E-state index is 11.9. The van der Waals surface area contributed by atoms with Crippen molar-refractivity contribution in [2.75, 3.05) is 7.11 Å². The SMILES string of the molecule is COCc1ccc(-c2cc(-c3ccccc3)nc(C(=O)NN)n2)cc1. The molecule has 3 N–H and O–H groups in total. The van der Waals surface area contributed by atoms with Crippen molar-refractivity contribution in [3.05, 3.63) is 72.1 Å². The molecule has 1 heterocycles. The van der Waals surface area contributed by atoms with Crippen LogP contribution in [-0.2, 0) is 11.3 Å². The number of hydrazine groups is 1. The zero-order valence-electron chi connectivity index (χ0n) is 13.8. The Morgan fingerprint density at radius 3 is 2.16 bits per heavy atom. The predicted molar refractivity (Wildman–Crippen MR) is 95.3 cm³/mol. The largest absolute Gasteiger partial charge is 0.380 e. The minimum absolute atomic E-state index is 0.0276. The lowest BCUT2D eigenvalue weighted by molar-refractivity contribution is 0.0943. The third-order valence-corrected chi connectivity index (χ3v) is 3.69. The molecule has 126 valence electrons. The Morgan fingerprint density at radius 1 is 1.00 bits per heavy atom.